The molecule has 0 saturated heterocycles. The number of benzene rings is 1. The van der Waals surface area contributed by atoms with E-state index in [1.54, 1.807) is 12.4 Å². The molecule has 0 fully saturated rings. The minimum absolute atomic E-state index is 0.202. The lowest BCUT2D eigenvalue weighted by Gasteiger charge is -2.10. The minimum Gasteiger partial charge on any atom is -0.487 e. The Balaban J connectivity index is 1.99. The van der Waals surface area contributed by atoms with Crippen LogP contribution in [-0.4, -0.2) is 18.1 Å². The van der Waals surface area contributed by atoms with Gasteiger partial charge in [-0.2, -0.15) is 0 Å². The van der Waals surface area contributed by atoms with Gasteiger partial charge in [-0.3, -0.25) is 4.98 Å². The van der Waals surface area contributed by atoms with Gasteiger partial charge in [0.15, 0.2) is 17.4 Å². The summed E-state index contributed by atoms with van der Waals surface area (Å²) in [7, 11) is 0. The number of aromatic nitrogens is 1. The third-order valence-corrected chi connectivity index (χ3v) is 2.88. The predicted octanol–water partition coefficient (Wildman–Crippen LogP) is 2.48. The number of ether oxygens (including phenoxy) is 1. The topological polar surface area (TPSA) is 48.1 Å². The third-order valence-electron chi connectivity index (χ3n) is 2.88. The van der Waals surface area contributed by atoms with Crippen LogP contribution in [-0.2, 0) is 12.8 Å². The van der Waals surface area contributed by atoms with Crippen LogP contribution in [0, 0.1) is 11.6 Å². The van der Waals surface area contributed by atoms with E-state index < -0.39 is 11.6 Å². The zero-order valence-electron chi connectivity index (χ0n) is 11.0. The van der Waals surface area contributed by atoms with E-state index in [2.05, 4.69) is 4.98 Å². The molecule has 0 spiro atoms. The smallest absolute Gasteiger partial charge is 0.190 e. The van der Waals surface area contributed by atoms with Crippen molar-refractivity contribution in [2.24, 2.45) is 5.73 Å². The number of halogens is 2. The molecule has 20 heavy (non-hydrogen) atoms. The van der Waals surface area contributed by atoms with Gasteiger partial charge in [-0.15, -0.1) is 0 Å². The van der Waals surface area contributed by atoms with Crippen LogP contribution in [0.4, 0.5) is 8.78 Å². The Bertz CT molecular complexity index is 538. The second-order valence-electron chi connectivity index (χ2n) is 4.38. The summed E-state index contributed by atoms with van der Waals surface area (Å²) in [5.74, 6) is -1.72. The van der Waals surface area contributed by atoms with Gasteiger partial charge in [0.1, 0.15) is 0 Å². The van der Waals surface area contributed by atoms with Gasteiger partial charge < -0.3 is 10.5 Å². The summed E-state index contributed by atoms with van der Waals surface area (Å²) in [6.07, 6.45) is 4.33. The number of nitrogens with two attached hydrogens (primary N) is 1. The Hall–Kier alpha value is -2.01. The first-order chi connectivity index (χ1) is 9.70. The summed E-state index contributed by atoms with van der Waals surface area (Å²) in [4.78, 5) is 3.90. The summed E-state index contributed by atoms with van der Waals surface area (Å²) in [6.45, 7) is 0.551. The summed E-state index contributed by atoms with van der Waals surface area (Å²) in [6, 6.07) is 6.19. The van der Waals surface area contributed by atoms with Crippen LogP contribution in [0.5, 0.6) is 5.75 Å². The quantitative estimate of drug-likeness (QED) is 0.883. The van der Waals surface area contributed by atoms with Crippen molar-refractivity contribution in [2.45, 2.75) is 12.8 Å². The van der Waals surface area contributed by atoms with Crippen LogP contribution in [0.2, 0.25) is 0 Å². The summed E-state index contributed by atoms with van der Waals surface area (Å²) >= 11 is 0. The summed E-state index contributed by atoms with van der Waals surface area (Å²) in [5, 5.41) is 0. The first-order valence-corrected chi connectivity index (χ1v) is 6.40. The highest BCUT2D eigenvalue weighted by molar-refractivity contribution is 5.31. The number of nitrogens with zero attached hydrogens (tertiary/aromatic N) is 1. The lowest BCUT2D eigenvalue weighted by atomic mass is 10.1. The average Bonchev–Trinajstić information content (AvgIpc) is 2.43. The van der Waals surface area contributed by atoms with Crippen LogP contribution in [0.25, 0.3) is 0 Å². The molecule has 0 unspecified atom stereocenters. The Morgan fingerprint density at radius 3 is 2.25 bits per heavy atom. The van der Waals surface area contributed by atoms with Crippen molar-refractivity contribution < 1.29 is 13.5 Å². The molecule has 0 saturated carbocycles. The highest BCUT2D eigenvalue weighted by atomic mass is 19.1. The molecule has 0 amide bonds. The maximum absolute atomic E-state index is 13.7. The van der Waals surface area contributed by atoms with Gasteiger partial charge in [-0.25, -0.2) is 8.78 Å². The van der Waals surface area contributed by atoms with Gasteiger partial charge in [0.2, 0.25) is 0 Å². The second kappa shape index (κ2) is 6.96. The molecule has 106 valence electrons. The Morgan fingerprint density at radius 2 is 1.65 bits per heavy atom. The molecule has 3 nitrogen and oxygen atoms in total. The number of hydrogen-bond acceptors (Lipinski definition) is 3. The summed E-state index contributed by atoms with van der Waals surface area (Å²) < 4.78 is 32.7. The molecular weight excluding hydrogens is 262 g/mol. The second-order valence-corrected chi connectivity index (χ2v) is 4.38. The van der Waals surface area contributed by atoms with Gasteiger partial charge in [0.05, 0.1) is 6.61 Å². The van der Waals surface area contributed by atoms with Crippen LogP contribution < -0.4 is 10.5 Å². The van der Waals surface area contributed by atoms with E-state index in [4.69, 9.17) is 10.5 Å². The fourth-order valence-corrected chi connectivity index (χ4v) is 1.88. The molecule has 5 heteroatoms. The Kier molecular flexibility index (Phi) is 5.01. The standard InChI is InChI=1S/C15H16F2N2O/c16-13-9-12(1-5-18)10-14(17)15(13)20-8-4-11-2-6-19-7-3-11/h2-3,6-7,9-10H,1,4-5,8,18H2. The lowest BCUT2D eigenvalue weighted by Crippen LogP contribution is -2.07. The van der Waals surface area contributed by atoms with E-state index in [1.807, 2.05) is 12.1 Å². The van der Waals surface area contributed by atoms with E-state index >= 15 is 0 Å². The van der Waals surface area contributed by atoms with Crippen molar-refractivity contribution in [3.63, 3.8) is 0 Å². The first kappa shape index (κ1) is 14.4. The molecule has 0 radical (unpaired) electrons. The fraction of sp³-hybridized carbons (Fsp3) is 0.267. The largest absolute Gasteiger partial charge is 0.487 e. The van der Waals surface area contributed by atoms with Crippen molar-refractivity contribution in [2.75, 3.05) is 13.2 Å². The van der Waals surface area contributed by atoms with E-state index in [1.165, 1.54) is 12.1 Å². The maximum atomic E-state index is 13.7. The predicted molar refractivity (Wildman–Crippen MR) is 72.6 cm³/mol. The molecule has 2 N–H and O–H groups in total. The molecule has 0 atom stereocenters. The normalized spacial score (nSPS) is 10.6. The Morgan fingerprint density at radius 1 is 1.00 bits per heavy atom. The van der Waals surface area contributed by atoms with Gasteiger partial charge in [-0.05, 0) is 48.4 Å². The molecule has 2 rings (SSSR count). The highest BCUT2D eigenvalue weighted by Gasteiger charge is 2.12. The monoisotopic (exact) mass is 278 g/mol. The van der Waals surface area contributed by atoms with Crippen LogP contribution in [0.15, 0.2) is 36.7 Å². The number of pyridine rings is 1. The molecule has 1 heterocycles. The molecule has 2 aromatic rings. The van der Waals surface area contributed by atoms with E-state index in [-0.39, 0.29) is 12.4 Å². The fourth-order valence-electron chi connectivity index (χ4n) is 1.88. The summed E-state index contributed by atoms with van der Waals surface area (Å²) in [5.41, 5.74) is 6.89. The first-order valence-electron chi connectivity index (χ1n) is 6.40. The lowest BCUT2D eigenvalue weighted by molar-refractivity contribution is 0.288. The van der Waals surface area contributed by atoms with Crippen molar-refractivity contribution in [3.05, 3.63) is 59.4 Å². The zero-order valence-corrected chi connectivity index (χ0v) is 11.0. The Labute approximate surface area is 116 Å². The van der Waals surface area contributed by atoms with Gasteiger partial charge in [-0.1, -0.05) is 0 Å². The molecular formula is C15H16F2N2O. The van der Waals surface area contributed by atoms with Crippen molar-refractivity contribution in [1.29, 1.82) is 0 Å². The van der Waals surface area contributed by atoms with E-state index in [9.17, 15) is 8.78 Å². The molecule has 1 aromatic heterocycles. The van der Waals surface area contributed by atoms with Gasteiger partial charge in [0.25, 0.3) is 0 Å². The van der Waals surface area contributed by atoms with Crippen LogP contribution in [0.3, 0.4) is 0 Å². The number of hydrogen-bond donors (Lipinski definition) is 1. The van der Waals surface area contributed by atoms with Crippen molar-refractivity contribution >= 4 is 0 Å². The highest BCUT2D eigenvalue weighted by Crippen LogP contribution is 2.23. The average molecular weight is 278 g/mol. The van der Waals surface area contributed by atoms with Gasteiger partial charge >= 0.3 is 0 Å². The number of rotatable bonds is 6. The maximum Gasteiger partial charge on any atom is 0.190 e. The zero-order chi connectivity index (χ0) is 14.4. The van der Waals surface area contributed by atoms with Gasteiger partial charge in [0, 0.05) is 18.8 Å². The molecule has 0 bridgehead atoms. The molecule has 0 aliphatic rings. The van der Waals surface area contributed by atoms with E-state index in [0.717, 1.165) is 5.56 Å². The third kappa shape index (κ3) is 3.74. The molecule has 1 aromatic carbocycles. The van der Waals surface area contributed by atoms with Crippen LogP contribution >= 0.6 is 0 Å². The molecule has 0 aliphatic carbocycles. The van der Waals surface area contributed by atoms with Crippen LogP contribution in [0.1, 0.15) is 11.1 Å². The SMILES string of the molecule is NCCc1cc(F)c(OCCc2ccncc2)c(F)c1. The minimum atomic E-state index is -0.692. The molecule has 0 aliphatic heterocycles. The van der Waals surface area contributed by atoms with E-state index in [0.29, 0.717) is 24.9 Å². The van der Waals surface area contributed by atoms with Crippen molar-refractivity contribution in [3.8, 4) is 5.75 Å². The van der Waals surface area contributed by atoms with Crippen molar-refractivity contribution in [1.82, 2.24) is 4.98 Å².